The van der Waals surface area contributed by atoms with E-state index in [1.54, 1.807) is 0 Å². The Morgan fingerprint density at radius 1 is 1.40 bits per heavy atom. The molecular formula is C7H17NOS. The van der Waals surface area contributed by atoms with E-state index in [2.05, 4.69) is 6.92 Å². The average molecular weight is 163 g/mol. The molecule has 0 rings (SSSR count). The zero-order valence-electron chi connectivity index (χ0n) is 6.64. The molecule has 2 N–H and O–H groups in total. The van der Waals surface area contributed by atoms with Crippen molar-refractivity contribution in [3.05, 3.63) is 0 Å². The largest absolute Gasteiger partial charge is 0.381 e. The van der Waals surface area contributed by atoms with Gasteiger partial charge >= 0.3 is 0 Å². The van der Waals surface area contributed by atoms with Gasteiger partial charge < -0.3 is 10.5 Å². The van der Waals surface area contributed by atoms with E-state index in [0.29, 0.717) is 0 Å². The summed E-state index contributed by atoms with van der Waals surface area (Å²) >= 11 is 1.91. The van der Waals surface area contributed by atoms with Crippen LogP contribution >= 0.6 is 11.8 Å². The van der Waals surface area contributed by atoms with Crippen LogP contribution in [0.3, 0.4) is 0 Å². The molecule has 3 heteroatoms. The molecule has 0 atom stereocenters. The molecule has 62 valence electrons. The summed E-state index contributed by atoms with van der Waals surface area (Å²) in [6.07, 6.45) is 0.983. The third kappa shape index (κ3) is 8.27. The maximum atomic E-state index is 5.28. The van der Waals surface area contributed by atoms with Gasteiger partial charge in [-0.25, -0.2) is 0 Å². The molecule has 2 nitrogen and oxygen atoms in total. The fourth-order valence-corrected chi connectivity index (χ4v) is 1.07. The number of rotatable bonds is 7. The predicted molar refractivity (Wildman–Crippen MR) is 47.5 cm³/mol. The molecule has 0 aliphatic rings. The van der Waals surface area contributed by atoms with Crippen molar-refractivity contribution in [3.63, 3.8) is 0 Å². The van der Waals surface area contributed by atoms with Crippen LogP contribution in [0, 0.1) is 0 Å². The van der Waals surface area contributed by atoms with Crippen molar-refractivity contribution in [1.29, 1.82) is 0 Å². The van der Waals surface area contributed by atoms with E-state index in [1.807, 2.05) is 11.8 Å². The Labute approximate surface area is 67.5 Å². The summed E-state index contributed by atoms with van der Waals surface area (Å²) in [5.74, 6) is 2.29. The van der Waals surface area contributed by atoms with Crippen molar-refractivity contribution in [2.24, 2.45) is 5.73 Å². The number of hydrogen-bond donors (Lipinski definition) is 1. The summed E-state index contributed by atoms with van der Waals surface area (Å²) in [6.45, 7) is 4.59. The van der Waals surface area contributed by atoms with E-state index in [0.717, 1.165) is 31.9 Å². The first-order valence-corrected chi connectivity index (χ1v) is 4.92. The summed E-state index contributed by atoms with van der Waals surface area (Å²) in [7, 11) is 0. The van der Waals surface area contributed by atoms with E-state index < -0.39 is 0 Å². The van der Waals surface area contributed by atoms with Crippen LogP contribution in [0.2, 0.25) is 0 Å². The molecule has 0 spiro atoms. The number of nitrogens with two attached hydrogens (primary N) is 1. The number of hydrogen-bond acceptors (Lipinski definition) is 3. The van der Waals surface area contributed by atoms with Gasteiger partial charge in [-0.05, 0) is 18.7 Å². The molecule has 0 aliphatic carbocycles. The lowest BCUT2D eigenvalue weighted by Gasteiger charge is -2.00. The Morgan fingerprint density at radius 3 is 2.80 bits per heavy atom. The van der Waals surface area contributed by atoms with E-state index in [4.69, 9.17) is 10.5 Å². The molecule has 0 bridgehead atoms. The zero-order valence-corrected chi connectivity index (χ0v) is 7.45. The Hall–Kier alpha value is 0.270. The minimum absolute atomic E-state index is 0.737. The first-order chi connectivity index (χ1) is 4.91. The predicted octanol–water partition coefficient (Wildman–Crippen LogP) is 1.10. The smallest absolute Gasteiger partial charge is 0.0556 e. The standard InChI is InChI=1S/C7H17NOS/c1-2-10-7-6-9-5-3-4-8/h2-8H2,1H3. The summed E-state index contributed by atoms with van der Waals surface area (Å²) in [5, 5.41) is 0. The normalized spacial score (nSPS) is 10.2. The van der Waals surface area contributed by atoms with Crippen LogP contribution in [0.4, 0.5) is 0 Å². The molecule has 0 heterocycles. The quantitative estimate of drug-likeness (QED) is 0.571. The van der Waals surface area contributed by atoms with E-state index in [1.165, 1.54) is 5.75 Å². The van der Waals surface area contributed by atoms with Crippen LogP contribution in [-0.4, -0.2) is 31.3 Å². The summed E-state index contributed by atoms with van der Waals surface area (Å²) in [4.78, 5) is 0. The average Bonchev–Trinajstić information content (AvgIpc) is 1.97. The fraction of sp³-hybridized carbons (Fsp3) is 1.00. The summed E-state index contributed by atoms with van der Waals surface area (Å²) < 4.78 is 5.28. The third-order valence-electron chi connectivity index (χ3n) is 1.07. The minimum Gasteiger partial charge on any atom is -0.381 e. The Bertz CT molecular complexity index is 53.6. The van der Waals surface area contributed by atoms with Gasteiger partial charge in [-0.3, -0.25) is 0 Å². The van der Waals surface area contributed by atoms with Gasteiger partial charge in [-0.1, -0.05) is 6.92 Å². The third-order valence-corrected chi connectivity index (χ3v) is 1.93. The highest BCUT2D eigenvalue weighted by Crippen LogP contribution is 1.96. The molecule has 0 unspecified atom stereocenters. The first kappa shape index (κ1) is 10.3. The summed E-state index contributed by atoms with van der Waals surface area (Å²) in [5.41, 5.74) is 5.28. The van der Waals surface area contributed by atoms with E-state index >= 15 is 0 Å². The molecule has 10 heavy (non-hydrogen) atoms. The van der Waals surface area contributed by atoms with Crippen LogP contribution in [0.5, 0.6) is 0 Å². The number of thioether (sulfide) groups is 1. The van der Waals surface area contributed by atoms with Crippen molar-refractivity contribution >= 4 is 11.8 Å². The molecule has 0 aromatic heterocycles. The highest BCUT2D eigenvalue weighted by atomic mass is 32.2. The Kier molecular flexibility index (Phi) is 9.52. The van der Waals surface area contributed by atoms with Crippen LogP contribution in [-0.2, 0) is 4.74 Å². The van der Waals surface area contributed by atoms with Crippen LogP contribution in [0.15, 0.2) is 0 Å². The lowest BCUT2D eigenvalue weighted by molar-refractivity contribution is 0.149. The minimum atomic E-state index is 0.737. The first-order valence-electron chi connectivity index (χ1n) is 3.77. The molecule has 0 fully saturated rings. The van der Waals surface area contributed by atoms with Crippen molar-refractivity contribution in [2.75, 3.05) is 31.3 Å². The molecule has 0 amide bonds. The molecule has 0 radical (unpaired) electrons. The van der Waals surface area contributed by atoms with Crippen LogP contribution < -0.4 is 5.73 Å². The van der Waals surface area contributed by atoms with Gasteiger partial charge in [0, 0.05) is 12.4 Å². The molecular weight excluding hydrogens is 146 g/mol. The van der Waals surface area contributed by atoms with Gasteiger partial charge in [0.1, 0.15) is 0 Å². The van der Waals surface area contributed by atoms with Gasteiger partial charge in [0.05, 0.1) is 6.61 Å². The summed E-state index contributed by atoms with van der Waals surface area (Å²) in [6, 6.07) is 0. The fourth-order valence-electron chi connectivity index (χ4n) is 0.550. The van der Waals surface area contributed by atoms with Gasteiger partial charge in [0.25, 0.3) is 0 Å². The monoisotopic (exact) mass is 163 g/mol. The second-order valence-electron chi connectivity index (χ2n) is 1.95. The molecule has 0 aromatic carbocycles. The van der Waals surface area contributed by atoms with Crippen molar-refractivity contribution in [2.45, 2.75) is 13.3 Å². The van der Waals surface area contributed by atoms with E-state index in [9.17, 15) is 0 Å². The molecule has 0 saturated heterocycles. The topological polar surface area (TPSA) is 35.2 Å². The van der Waals surface area contributed by atoms with Crippen molar-refractivity contribution < 1.29 is 4.74 Å². The maximum Gasteiger partial charge on any atom is 0.0556 e. The van der Waals surface area contributed by atoms with Gasteiger partial charge in [0.15, 0.2) is 0 Å². The highest BCUT2D eigenvalue weighted by Gasteiger charge is 1.86. The Balaban J connectivity index is 2.65. The molecule has 0 aliphatic heterocycles. The van der Waals surface area contributed by atoms with Crippen LogP contribution in [0.1, 0.15) is 13.3 Å². The van der Waals surface area contributed by atoms with Crippen molar-refractivity contribution in [1.82, 2.24) is 0 Å². The van der Waals surface area contributed by atoms with Gasteiger partial charge in [0.2, 0.25) is 0 Å². The van der Waals surface area contributed by atoms with Gasteiger partial charge in [-0.2, -0.15) is 11.8 Å². The molecule has 0 saturated carbocycles. The lowest BCUT2D eigenvalue weighted by atomic mass is 10.5. The van der Waals surface area contributed by atoms with Gasteiger partial charge in [-0.15, -0.1) is 0 Å². The lowest BCUT2D eigenvalue weighted by Crippen LogP contribution is -2.05. The van der Waals surface area contributed by atoms with E-state index in [-0.39, 0.29) is 0 Å². The van der Waals surface area contributed by atoms with Crippen LogP contribution in [0.25, 0.3) is 0 Å². The zero-order chi connectivity index (χ0) is 7.66. The maximum absolute atomic E-state index is 5.28. The second kappa shape index (κ2) is 9.27. The Morgan fingerprint density at radius 2 is 2.20 bits per heavy atom. The number of ether oxygens (including phenoxy) is 1. The SMILES string of the molecule is CCSCCOCCCN. The second-order valence-corrected chi connectivity index (χ2v) is 3.35. The highest BCUT2D eigenvalue weighted by molar-refractivity contribution is 7.99. The van der Waals surface area contributed by atoms with Crippen molar-refractivity contribution in [3.8, 4) is 0 Å². The molecule has 0 aromatic rings.